The normalized spacial score (nSPS) is 10.1. The molecule has 0 radical (unpaired) electrons. The number of nitrogens with one attached hydrogen (secondary N) is 1. The molecular formula is C13H12N2O4. The van der Waals surface area contributed by atoms with Crippen molar-refractivity contribution in [2.45, 2.75) is 6.54 Å². The minimum absolute atomic E-state index is 0.0552. The Kier molecular flexibility index (Phi) is 3.92. The van der Waals surface area contributed by atoms with Crippen LogP contribution in [0.2, 0.25) is 0 Å². The molecule has 1 N–H and O–H groups in total. The molecule has 0 aliphatic heterocycles. The summed E-state index contributed by atoms with van der Waals surface area (Å²) in [6.45, 7) is 0.244. The Labute approximate surface area is 108 Å². The standard InChI is InChI=1S/C13H12N2O4/c16-11-6-7-15(13(18)14-11)8-9-19-12(17)10-4-2-1-3-5-10/h1-7H,8-9H2,(H,14,16,18). The smallest absolute Gasteiger partial charge is 0.338 e. The Morgan fingerprint density at radius 3 is 2.58 bits per heavy atom. The highest BCUT2D eigenvalue weighted by molar-refractivity contribution is 5.89. The number of hydrogen-bond donors (Lipinski definition) is 1. The molecule has 6 heteroatoms. The number of hydrogen-bond acceptors (Lipinski definition) is 4. The molecule has 1 heterocycles. The van der Waals surface area contributed by atoms with Gasteiger partial charge in [-0.3, -0.25) is 14.3 Å². The van der Waals surface area contributed by atoms with E-state index in [1.807, 2.05) is 0 Å². The lowest BCUT2D eigenvalue weighted by Crippen LogP contribution is -2.30. The predicted octanol–water partition coefficient (Wildman–Crippen LogP) is 0.394. The number of carbonyl (C=O) groups is 1. The summed E-state index contributed by atoms with van der Waals surface area (Å²) in [5.41, 5.74) is -0.526. The molecule has 2 aromatic rings. The van der Waals surface area contributed by atoms with Crippen LogP contribution in [0.1, 0.15) is 10.4 Å². The van der Waals surface area contributed by atoms with Crippen LogP contribution in [0.5, 0.6) is 0 Å². The van der Waals surface area contributed by atoms with Gasteiger partial charge in [-0.25, -0.2) is 9.59 Å². The number of carbonyl (C=O) groups excluding carboxylic acids is 1. The summed E-state index contributed by atoms with van der Waals surface area (Å²) in [6.07, 6.45) is 1.36. The van der Waals surface area contributed by atoms with Gasteiger partial charge in [0.25, 0.3) is 5.56 Å². The van der Waals surface area contributed by atoms with Crippen LogP contribution in [0.4, 0.5) is 0 Å². The van der Waals surface area contributed by atoms with Crippen molar-refractivity contribution in [1.82, 2.24) is 9.55 Å². The van der Waals surface area contributed by atoms with Crippen LogP contribution in [-0.2, 0) is 11.3 Å². The number of nitrogens with zero attached hydrogens (tertiary/aromatic N) is 1. The molecule has 0 fully saturated rings. The Morgan fingerprint density at radius 1 is 1.16 bits per heavy atom. The molecule has 0 aliphatic rings. The van der Waals surface area contributed by atoms with Crippen LogP contribution in [0.15, 0.2) is 52.2 Å². The predicted molar refractivity (Wildman–Crippen MR) is 68.0 cm³/mol. The average molecular weight is 260 g/mol. The van der Waals surface area contributed by atoms with E-state index in [1.165, 1.54) is 16.8 Å². The maximum absolute atomic E-state index is 11.6. The van der Waals surface area contributed by atoms with Crippen LogP contribution in [0, 0.1) is 0 Å². The molecule has 19 heavy (non-hydrogen) atoms. The molecule has 0 amide bonds. The van der Waals surface area contributed by atoms with Gasteiger partial charge in [0.15, 0.2) is 0 Å². The van der Waals surface area contributed by atoms with Crippen molar-refractivity contribution in [2.24, 2.45) is 0 Å². The van der Waals surface area contributed by atoms with Crippen molar-refractivity contribution in [3.63, 3.8) is 0 Å². The minimum atomic E-state index is -0.525. The Morgan fingerprint density at radius 2 is 1.89 bits per heavy atom. The van der Waals surface area contributed by atoms with E-state index in [-0.39, 0.29) is 13.2 Å². The van der Waals surface area contributed by atoms with Crippen LogP contribution in [-0.4, -0.2) is 22.1 Å². The highest BCUT2D eigenvalue weighted by Crippen LogP contribution is 2.00. The van der Waals surface area contributed by atoms with Gasteiger partial charge >= 0.3 is 11.7 Å². The lowest BCUT2D eigenvalue weighted by atomic mass is 10.2. The first-order chi connectivity index (χ1) is 9.16. The molecule has 2 rings (SSSR count). The number of ether oxygens (including phenoxy) is 1. The molecule has 1 aromatic heterocycles. The second-order valence-corrected chi connectivity index (χ2v) is 3.81. The fraction of sp³-hybridized carbons (Fsp3) is 0.154. The molecule has 0 unspecified atom stereocenters. The zero-order chi connectivity index (χ0) is 13.7. The number of rotatable bonds is 4. The fourth-order valence-electron chi connectivity index (χ4n) is 1.51. The highest BCUT2D eigenvalue weighted by atomic mass is 16.5. The molecule has 0 saturated heterocycles. The lowest BCUT2D eigenvalue weighted by Gasteiger charge is -2.06. The first-order valence-electron chi connectivity index (χ1n) is 5.69. The summed E-state index contributed by atoms with van der Waals surface area (Å²) in [5, 5.41) is 0. The van der Waals surface area contributed by atoms with Gasteiger partial charge < -0.3 is 4.74 Å². The van der Waals surface area contributed by atoms with E-state index in [2.05, 4.69) is 4.98 Å². The van der Waals surface area contributed by atoms with E-state index >= 15 is 0 Å². The van der Waals surface area contributed by atoms with Crippen molar-refractivity contribution < 1.29 is 9.53 Å². The monoisotopic (exact) mass is 260 g/mol. The largest absolute Gasteiger partial charge is 0.460 e. The topological polar surface area (TPSA) is 81.2 Å². The van der Waals surface area contributed by atoms with Gasteiger partial charge in [-0.2, -0.15) is 0 Å². The van der Waals surface area contributed by atoms with E-state index in [9.17, 15) is 14.4 Å². The van der Waals surface area contributed by atoms with Crippen LogP contribution >= 0.6 is 0 Å². The van der Waals surface area contributed by atoms with E-state index in [0.717, 1.165) is 0 Å². The van der Waals surface area contributed by atoms with E-state index in [0.29, 0.717) is 5.56 Å². The molecular weight excluding hydrogens is 248 g/mol. The maximum Gasteiger partial charge on any atom is 0.338 e. The second kappa shape index (κ2) is 5.81. The number of aromatic amines is 1. The molecule has 0 spiro atoms. The molecule has 0 atom stereocenters. The lowest BCUT2D eigenvalue weighted by molar-refractivity contribution is 0.0490. The number of aromatic nitrogens is 2. The number of esters is 1. The first kappa shape index (κ1) is 12.8. The van der Waals surface area contributed by atoms with Gasteiger partial charge in [0.1, 0.15) is 6.61 Å². The third-order valence-corrected chi connectivity index (χ3v) is 2.47. The van der Waals surface area contributed by atoms with Crippen molar-refractivity contribution in [3.05, 3.63) is 69.0 Å². The third-order valence-electron chi connectivity index (χ3n) is 2.47. The SMILES string of the molecule is O=C(OCCn1ccc(=O)[nH]c1=O)c1ccccc1. The maximum atomic E-state index is 11.6. The fourth-order valence-corrected chi connectivity index (χ4v) is 1.51. The summed E-state index contributed by atoms with van der Waals surface area (Å²) in [7, 11) is 0. The van der Waals surface area contributed by atoms with Crippen LogP contribution in [0.3, 0.4) is 0 Å². The van der Waals surface area contributed by atoms with Gasteiger partial charge in [-0.05, 0) is 12.1 Å². The minimum Gasteiger partial charge on any atom is -0.460 e. The summed E-state index contributed by atoms with van der Waals surface area (Å²) in [5.74, 6) is -0.446. The Balaban J connectivity index is 1.92. The first-order valence-corrected chi connectivity index (χ1v) is 5.69. The molecule has 0 aliphatic carbocycles. The summed E-state index contributed by atoms with van der Waals surface area (Å²) < 4.78 is 6.29. The summed E-state index contributed by atoms with van der Waals surface area (Å²) in [4.78, 5) is 35.9. The van der Waals surface area contributed by atoms with Crippen molar-refractivity contribution >= 4 is 5.97 Å². The van der Waals surface area contributed by atoms with Gasteiger partial charge in [0.05, 0.1) is 12.1 Å². The van der Waals surface area contributed by atoms with Gasteiger partial charge in [-0.15, -0.1) is 0 Å². The number of benzene rings is 1. The Hall–Kier alpha value is -2.63. The quantitative estimate of drug-likeness (QED) is 0.806. The zero-order valence-corrected chi connectivity index (χ0v) is 10.0. The molecule has 6 nitrogen and oxygen atoms in total. The molecule has 1 aromatic carbocycles. The van der Waals surface area contributed by atoms with Crippen molar-refractivity contribution in [2.75, 3.05) is 6.61 Å². The summed E-state index contributed by atoms with van der Waals surface area (Å²) in [6, 6.07) is 9.81. The summed E-state index contributed by atoms with van der Waals surface area (Å²) >= 11 is 0. The average Bonchev–Trinajstić information content (AvgIpc) is 2.42. The van der Waals surface area contributed by atoms with E-state index < -0.39 is 17.2 Å². The van der Waals surface area contributed by atoms with Crippen molar-refractivity contribution in [1.29, 1.82) is 0 Å². The second-order valence-electron chi connectivity index (χ2n) is 3.81. The Bertz CT molecular complexity index is 673. The van der Waals surface area contributed by atoms with Crippen LogP contribution in [0.25, 0.3) is 0 Å². The molecule has 0 saturated carbocycles. The molecule has 98 valence electrons. The van der Waals surface area contributed by atoms with Gasteiger partial charge in [-0.1, -0.05) is 18.2 Å². The van der Waals surface area contributed by atoms with E-state index in [4.69, 9.17) is 4.74 Å². The number of H-pyrrole nitrogens is 1. The highest BCUT2D eigenvalue weighted by Gasteiger charge is 2.05. The van der Waals surface area contributed by atoms with Gasteiger partial charge in [0.2, 0.25) is 0 Å². The molecule has 0 bridgehead atoms. The zero-order valence-electron chi connectivity index (χ0n) is 10.0. The van der Waals surface area contributed by atoms with Crippen molar-refractivity contribution in [3.8, 4) is 0 Å². The third kappa shape index (κ3) is 3.41. The van der Waals surface area contributed by atoms with E-state index in [1.54, 1.807) is 30.3 Å². The van der Waals surface area contributed by atoms with Crippen LogP contribution < -0.4 is 11.2 Å². The van der Waals surface area contributed by atoms with Gasteiger partial charge in [0, 0.05) is 12.3 Å².